The Hall–Kier alpha value is -4.32. The maximum Gasteiger partial charge on any atom is 0.416 e. The lowest BCUT2D eigenvalue weighted by Gasteiger charge is -2.19. The van der Waals surface area contributed by atoms with Gasteiger partial charge in [-0.25, -0.2) is 10.8 Å². The van der Waals surface area contributed by atoms with Gasteiger partial charge >= 0.3 is 6.18 Å². The van der Waals surface area contributed by atoms with Crippen LogP contribution in [0.4, 0.5) is 30.2 Å². The quantitative estimate of drug-likeness (QED) is 0.168. The highest BCUT2D eigenvalue weighted by atomic mass is 19.4. The number of alkyl halides is 3. The summed E-state index contributed by atoms with van der Waals surface area (Å²) in [6.45, 7) is 5.53. The van der Waals surface area contributed by atoms with Crippen LogP contribution in [0.2, 0.25) is 0 Å². The summed E-state index contributed by atoms with van der Waals surface area (Å²) < 4.78 is 42.5. The molecule has 2 aromatic carbocycles. The molecule has 12 heteroatoms. The van der Waals surface area contributed by atoms with Crippen LogP contribution in [0.5, 0.6) is 0 Å². The fraction of sp³-hybridized carbons (Fsp3) is 0.296. The van der Waals surface area contributed by atoms with Gasteiger partial charge in [-0.2, -0.15) is 18.3 Å². The van der Waals surface area contributed by atoms with Gasteiger partial charge in [0.25, 0.3) is 5.91 Å². The van der Waals surface area contributed by atoms with Gasteiger partial charge in [-0.15, -0.1) is 0 Å². The first-order chi connectivity index (χ1) is 18.2. The van der Waals surface area contributed by atoms with E-state index in [0.29, 0.717) is 29.2 Å². The van der Waals surface area contributed by atoms with Gasteiger partial charge in [-0.3, -0.25) is 14.5 Å². The van der Waals surface area contributed by atoms with Gasteiger partial charge in [0.1, 0.15) is 5.84 Å². The highest BCUT2D eigenvalue weighted by Crippen LogP contribution is 2.35. The van der Waals surface area contributed by atoms with Gasteiger partial charge in [0.15, 0.2) is 0 Å². The first-order valence-electron chi connectivity index (χ1n) is 12.1. The van der Waals surface area contributed by atoms with E-state index >= 15 is 0 Å². The minimum Gasteiger partial charge on any atom is -0.397 e. The van der Waals surface area contributed by atoms with E-state index in [9.17, 15) is 18.0 Å². The van der Waals surface area contributed by atoms with E-state index in [1.807, 2.05) is 20.8 Å². The van der Waals surface area contributed by atoms with Gasteiger partial charge in [-0.05, 0) is 49.7 Å². The molecule has 0 bridgehead atoms. The van der Waals surface area contributed by atoms with Crippen molar-refractivity contribution in [2.45, 2.75) is 33.4 Å². The van der Waals surface area contributed by atoms with Crippen molar-refractivity contribution in [1.82, 2.24) is 14.7 Å². The molecule has 0 aliphatic heterocycles. The minimum atomic E-state index is -4.62. The third-order valence-electron chi connectivity index (χ3n) is 6.17. The van der Waals surface area contributed by atoms with Gasteiger partial charge in [-0.1, -0.05) is 13.0 Å². The summed E-state index contributed by atoms with van der Waals surface area (Å²) in [5.74, 6) is 6.24. The SMILES string of the molecule is CCC(=Nc1cc(NC(=O)c2ccc(C)c(N(N)/C=C(\N)c3cnn(C)c3C)c2)cc(C(F)(F)F)c1)N(C)C. The number of carbonyl (C=O) groups is 1. The molecule has 5 N–H and O–H groups in total. The molecule has 0 radical (unpaired) electrons. The molecule has 1 heterocycles. The maximum atomic E-state index is 13.6. The predicted octanol–water partition coefficient (Wildman–Crippen LogP) is 4.95. The third-order valence-corrected chi connectivity index (χ3v) is 6.17. The molecule has 3 rings (SSSR count). The molecule has 0 saturated heterocycles. The predicted molar refractivity (Wildman–Crippen MR) is 148 cm³/mol. The zero-order chi connectivity index (χ0) is 29.1. The molecule has 0 aliphatic rings. The van der Waals surface area contributed by atoms with Crippen LogP contribution in [0, 0.1) is 13.8 Å². The standard InChI is InChI=1S/C27H33F3N8O/c1-7-25(36(4)5)34-20-11-19(27(28,29)30)12-21(13-20)35-26(39)18-9-8-16(2)24(10-18)38(32)15-23(31)22-14-33-37(6)17(22)3/h8-15H,7,31-32H2,1-6H3,(H,35,39)/b23-15-,34-25?. The van der Waals surface area contributed by atoms with Crippen molar-refractivity contribution in [1.29, 1.82) is 0 Å². The van der Waals surface area contributed by atoms with Crippen LogP contribution in [0.15, 0.2) is 53.8 Å². The van der Waals surface area contributed by atoms with Crippen molar-refractivity contribution in [3.63, 3.8) is 0 Å². The van der Waals surface area contributed by atoms with Crippen molar-refractivity contribution >= 4 is 34.5 Å². The number of amidine groups is 1. The van der Waals surface area contributed by atoms with Gasteiger partial charge in [0.05, 0.1) is 28.8 Å². The molecular formula is C27H33F3N8O. The molecule has 1 aromatic heterocycles. The fourth-order valence-corrected chi connectivity index (χ4v) is 3.86. The molecule has 0 saturated carbocycles. The van der Waals surface area contributed by atoms with Crippen LogP contribution in [0.1, 0.15) is 46.1 Å². The lowest BCUT2D eigenvalue weighted by atomic mass is 10.1. The van der Waals surface area contributed by atoms with E-state index < -0.39 is 17.6 Å². The number of hydrogen-bond donors (Lipinski definition) is 3. The molecule has 0 unspecified atom stereocenters. The number of benzene rings is 2. The highest BCUT2D eigenvalue weighted by Gasteiger charge is 2.31. The van der Waals surface area contributed by atoms with E-state index in [0.717, 1.165) is 23.4 Å². The summed E-state index contributed by atoms with van der Waals surface area (Å²) in [6, 6.07) is 8.02. The summed E-state index contributed by atoms with van der Waals surface area (Å²) in [5, 5.41) is 8.02. The minimum absolute atomic E-state index is 0.0364. The number of nitrogens with one attached hydrogen (secondary N) is 1. The van der Waals surface area contributed by atoms with Crippen molar-refractivity contribution < 1.29 is 18.0 Å². The molecule has 39 heavy (non-hydrogen) atoms. The second-order valence-corrected chi connectivity index (χ2v) is 9.26. The second kappa shape index (κ2) is 11.6. The molecule has 0 atom stereocenters. The lowest BCUT2D eigenvalue weighted by Crippen LogP contribution is -2.27. The van der Waals surface area contributed by atoms with Crippen LogP contribution < -0.4 is 21.9 Å². The molecule has 0 aliphatic carbocycles. The highest BCUT2D eigenvalue weighted by molar-refractivity contribution is 6.05. The Bertz CT molecular complexity index is 1420. The van der Waals surface area contributed by atoms with E-state index in [2.05, 4.69) is 15.4 Å². The number of halogens is 3. The number of aryl methyl sites for hydroxylation is 2. The number of rotatable bonds is 7. The van der Waals surface area contributed by atoms with Crippen molar-refractivity contribution in [3.8, 4) is 0 Å². The largest absolute Gasteiger partial charge is 0.416 e. The number of nitrogens with zero attached hydrogens (tertiary/aromatic N) is 5. The van der Waals surface area contributed by atoms with Crippen molar-refractivity contribution in [2.24, 2.45) is 23.6 Å². The average molecular weight is 543 g/mol. The first kappa shape index (κ1) is 29.2. The van der Waals surface area contributed by atoms with E-state index in [4.69, 9.17) is 11.6 Å². The Morgan fingerprint density at radius 3 is 2.44 bits per heavy atom. The maximum absolute atomic E-state index is 13.6. The fourth-order valence-electron chi connectivity index (χ4n) is 3.86. The Morgan fingerprint density at radius 2 is 1.87 bits per heavy atom. The molecular weight excluding hydrogens is 509 g/mol. The summed E-state index contributed by atoms with van der Waals surface area (Å²) in [6.07, 6.45) is -0.959. The van der Waals surface area contributed by atoms with Gasteiger partial charge in [0, 0.05) is 56.3 Å². The topological polar surface area (TPSA) is 118 Å². The molecule has 208 valence electrons. The number of nitrogens with two attached hydrogens (primary N) is 2. The average Bonchev–Trinajstić information content (AvgIpc) is 3.19. The summed E-state index contributed by atoms with van der Waals surface area (Å²) in [4.78, 5) is 19.2. The van der Waals surface area contributed by atoms with Crippen LogP contribution in [0.3, 0.4) is 0 Å². The third kappa shape index (κ3) is 6.96. The molecule has 9 nitrogen and oxygen atoms in total. The number of aromatic nitrogens is 2. The first-order valence-corrected chi connectivity index (χ1v) is 12.1. The van der Waals surface area contributed by atoms with E-state index in [1.165, 1.54) is 17.3 Å². The van der Waals surface area contributed by atoms with Crippen LogP contribution in [-0.4, -0.2) is 40.5 Å². The number of hydrogen-bond acceptors (Lipinski definition) is 6. The Labute approximate surface area is 225 Å². The second-order valence-electron chi connectivity index (χ2n) is 9.26. The summed E-state index contributed by atoms with van der Waals surface area (Å²) in [5.41, 5.74) is 8.72. The lowest BCUT2D eigenvalue weighted by molar-refractivity contribution is -0.137. The van der Waals surface area contributed by atoms with E-state index in [-0.39, 0.29) is 16.9 Å². The Morgan fingerprint density at radius 1 is 1.18 bits per heavy atom. The molecule has 0 spiro atoms. The number of carbonyl (C=O) groups excluding carboxylic acids is 1. The summed E-state index contributed by atoms with van der Waals surface area (Å²) >= 11 is 0. The van der Waals surface area contributed by atoms with Crippen LogP contribution in [-0.2, 0) is 13.2 Å². The molecule has 0 fully saturated rings. The number of aliphatic imine (C=N–C) groups is 1. The number of anilines is 2. The van der Waals surface area contributed by atoms with E-state index in [1.54, 1.807) is 55.1 Å². The van der Waals surface area contributed by atoms with Crippen LogP contribution >= 0.6 is 0 Å². The molecule has 1 amide bonds. The Kier molecular flexibility index (Phi) is 8.70. The van der Waals surface area contributed by atoms with Crippen molar-refractivity contribution in [3.05, 3.63) is 76.7 Å². The number of amides is 1. The normalized spacial score (nSPS) is 12.5. The zero-order valence-electron chi connectivity index (χ0n) is 22.8. The van der Waals surface area contributed by atoms with Gasteiger partial charge in [0.2, 0.25) is 0 Å². The number of hydrazine groups is 1. The zero-order valence-corrected chi connectivity index (χ0v) is 22.8. The monoisotopic (exact) mass is 542 g/mol. The van der Waals surface area contributed by atoms with Gasteiger partial charge < -0.3 is 16.0 Å². The van der Waals surface area contributed by atoms with Crippen molar-refractivity contribution in [2.75, 3.05) is 24.4 Å². The smallest absolute Gasteiger partial charge is 0.397 e. The summed E-state index contributed by atoms with van der Waals surface area (Å²) in [7, 11) is 5.31. The molecule has 3 aromatic rings. The van der Waals surface area contributed by atoms with Crippen LogP contribution in [0.25, 0.3) is 5.70 Å². The Balaban J connectivity index is 1.93.